The number of rotatable bonds is 6. The lowest BCUT2D eigenvalue weighted by Crippen LogP contribution is -2.29. The molecule has 2 aromatic rings. The molecule has 0 saturated carbocycles. The van der Waals surface area contributed by atoms with Crippen molar-refractivity contribution >= 4 is 11.3 Å². The molecule has 0 amide bonds. The summed E-state index contributed by atoms with van der Waals surface area (Å²) in [7, 11) is 0. The number of hydrogen-bond donors (Lipinski definition) is 1. The molecule has 0 spiro atoms. The van der Waals surface area contributed by atoms with Crippen molar-refractivity contribution in [3.63, 3.8) is 0 Å². The van der Waals surface area contributed by atoms with E-state index in [2.05, 4.69) is 53.4 Å². The van der Waals surface area contributed by atoms with Crippen LogP contribution < -0.4 is 5.73 Å². The number of nitrogens with two attached hydrogens (primary N) is 1. The van der Waals surface area contributed by atoms with E-state index in [4.69, 9.17) is 5.73 Å². The first-order valence-corrected chi connectivity index (χ1v) is 7.47. The highest BCUT2D eigenvalue weighted by atomic mass is 32.1. The molecule has 2 rings (SSSR count). The van der Waals surface area contributed by atoms with Gasteiger partial charge in [-0.25, -0.2) is 0 Å². The number of aromatic nitrogens is 1. The lowest BCUT2D eigenvalue weighted by atomic mass is 10.2. The molecule has 102 valence electrons. The van der Waals surface area contributed by atoms with Crippen LogP contribution in [0.15, 0.2) is 35.8 Å². The monoisotopic (exact) mass is 275 g/mol. The van der Waals surface area contributed by atoms with E-state index >= 15 is 0 Å². The van der Waals surface area contributed by atoms with Crippen molar-refractivity contribution < 1.29 is 0 Å². The van der Waals surface area contributed by atoms with E-state index in [0.29, 0.717) is 12.6 Å². The zero-order valence-corrected chi connectivity index (χ0v) is 12.4. The highest BCUT2D eigenvalue weighted by Crippen LogP contribution is 2.16. The largest absolute Gasteiger partial charge is 0.326 e. The second kappa shape index (κ2) is 6.80. The Morgan fingerprint density at radius 2 is 2.11 bits per heavy atom. The van der Waals surface area contributed by atoms with Crippen molar-refractivity contribution in [2.45, 2.75) is 39.5 Å². The zero-order chi connectivity index (χ0) is 13.7. The van der Waals surface area contributed by atoms with Gasteiger partial charge in [-0.1, -0.05) is 12.1 Å². The van der Waals surface area contributed by atoms with Crippen LogP contribution in [-0.4, -0.2) is 15.9 Å². The summed E-state index contributed by atoms with van der Waals surface area (Å²) in [6.07, 6.45) is 1.87. The normalized spacial score (nSPS) is 11.4. The highest BCUT2D eigenvalue weighted by molar-refractivity contribution is 7.09. The number of nitrogens with zero attached hydrogens (tertiary/aromatic N) is 2. The van der Waals surface area contributed by atoms with Crippen molar-refractivity contribution in [1.29, 1.82) is 0 Å². The molecule has 0 unspecified atom stereocenters. The van der Waals surface area contributed by atoms with Crippen LogP contribution in [0.4, 0.5) is 0 Å². The first kappa shape index (κ1) is 14.2. The second-order valence-corrected chi connectivity index (χ2v) is 5.97. The lowest BCUT2D eigenvalue weighted by molar-refractivity contribution is 0.203. The van der Waals surface area contributed by atoms with Gasteiger partial charge in [-0.05, 0) is 36.9 Å². The average molecular weight is 275 g/mol. The van der Waals surface area contributed by atoms with Gasteiger partial charge in [0, 0.05) is 36.8 Å². The predicted octanol–water partition coefficient (Wildman–Crippen LogP) is 3.01. The van der Waals surface area contributed by atoms with Crippen LogP contribution in [0.1, 0.15) is 30.0 Å². The third-order valence-electron chi connectivity index (χ3n) is 3.16. The summed E-state index contributed by atoms with van der Waals surface area (Å²) >= 11 is 1.81. The van der Waals surface area contributed by atoms with Crippen molar-refractivity contribution in [3.8, 4) is 0 Å². The van der Waals surface area contributed by atoms with E-state index in [-0.39, 0.29) is 0 Å². The Morgan fingerprint density at radius 3 is 2.63 bits per heavy atom. The molecule has 0 atom stereocenters. The Labute approximate surface area is 119 Å². The molecule has 2 N–H and O–H groups in total. The van der Waals surface area contributed by atoms with E-state index in [0.717, 1.165) is 24.3 Å². The molecule has 0 saturated heterocycles. The van der Waals surface area contributed by atoms with Gasteiger partial charge in [0.15, 0.2) is 0 Å². The van der Waals surface area contributed by atoms with Gasteiger partial charge in [0.2, 0.25) is 0 Å². The minimum atomic E-state index is 0.498. The van der Waals surface area contributed by atoms with E-state index in [1.807, 2.05) is 6.20 Å². The molecule has 2 aromatic heterocycles. The minimum Gasteiger partial charge on any atom is -0.326 e. The summed E-state index contributed by atoms with van der Waals surface area (Å²) < 4.78 is 0. The number of thiophene rings is 1. The zero-order valence-electron chi connectivity index (χ0n) is 11.5. The van der Waals surface area contributed by atoms with Crippen LogP contribution >= 0.6 is 11.3 Å². The molecule has 0 aromatic carbocycles. The van der Waals surface area contributed by atoms with Gasteiger partial charge in [-0.15, -0.1) is 11.3 Å². The second-order valence-electron chi connectivity index (χ2n) is 4.94. The Kier molecular flexibility index (Phi) is 5.07. The predicted molar refractivity (Wildman–Crippen MR) is 80.8 cm³/mol. The van der Waals surface area contributed by atoms with Gasteiger partial charge in [0.1, 0.15) is 0 Å². The smallest absolute Gasteiger partial charge is 0.0544 e. The van der Waals surface area contributed by atoms with E-state index < -0.39 is 0 Å². The van der Waals surface area contributed by atoms with Gasteiger partial charge in [-0.2, -0.15) is 0 Å². The van der Waals surface area contributed by atoms with Gasteiger partial charge in [-0.3, -0.25) is 9.88 Å². The van der Waals surface area contributed by atoms with Crippen molar-refractivity contribution in [2.24, 2.45) is 5.73 Å². The maximum Gasteiger partial charge on any atom is 0.0544 e. The van der Waals surface area contributed by atoms with Crippen LogP contribution in [0.3, 0.4) is 0 Å². The van der Waals surface area contributed by atoms with Crippen molar-refractivity contribution in [2.75, 3.05) is 0 Å². The fourth-order valence-electron chi connectivity index (χ4n) is 1.90. The third-order valence-corrected chi connectivity index (χ3v) is 4.02. The average Bonchev–Trinajstić information content (AvgIpc) is 2.91. The number of pyridine rings is 1. The van der Waals surface area contributed by atoms with Crippen LogP contribution in [-0.2, 0) is 19.6 Å². The van der Waals surface area contributed by atoms with Gasteiger partial charge < -0.3 is 5.73 Å². The van der Waals surface area contributed by atoms with Crippen molar-refractivity contribution in [3.05, 3.63) is 52.0 Å². The molecule has 2 heterocycles. The first-order valence-electron chi connectivity index (χ1n) is 6.59. The standard InChI is InChI=1S/C15H21N3S/c1-12(2)18(11-15-4-3-7-19-15)10-14-6-5-13(8-16)9-17-14/h3-7,9,12H,8,10-11,16H2,1-2H3. The fraction of sp³-hybridized carbons (Fsp3) is 0.400. The number of hydrogen-bond acceptors (Lipinski definition) is 4. The van der Waals surface area contributed by atoms with Gasteiger partial charge in [0.05, 0.1) is 5.69 Å². The molecule has 0 aliphatic rings. The summed E-state index contributed by atoms with van der Waals surface area (Å²) in [5.41, 5.74) is 7.77. The summed E-state index contributed by atoms with van der Waals surface area (Å²) in [5, 5.41) is 2.13. The Hall–Kier alpha value is -1.23. The summed E-state index contributed by atoms with van der Waals surface area (Å²) in [6.45, 7) is 6.86. The molecule has 0 aliphatic heterocycles. The van der Waals surface area contributed by atoms with E-state index in [9.17, 15) is 0 Å². The molecule has 4 heteroatoms. The molecule has 0 bridgehead atoms. The van der Waals surface area contributed by atoms with E-state index in [1.165, 1.54) is 4.88 Å². The topological polar surface area (TPSA) is 42.1 Å². The van der Waals surface area contributed by atoms with Gasteiger partial charge >= 0.3 is 0 Å². The molecular weight excluding hydrogens is 254 g/mol. The Bertz CT molecular complexity index is 477. The molecule has 0 aliphatic carbocycles. The molecular formula is C15H21N3S. The third kappa shape index (κ3) is 4.13. The summed E-state index contributed by atoms with van der Waals surface area (Å²) in [5.74, 6) is 0. The van der Waals surface area contributed by atoms with Crippen LogP contribution in [0.25, 0.3) is 0 Å². The van der Waals surface area contributed by atoms with Crippen molar-refractivity contribution in [1.82, 2.24) is 9.88 Å². The Balaban J connectivity index is 2.03. The fourth-order valence-corrected chi connectivity index (χ4v) is 2.63. The first-order chi connectivity index (χ1) is 9.19. The lowest BCUT2D eigenvalue weighted by Gasteiger charge is -2.25. The van der Waals surface area contributed by atoms with Gasteiger partial charge in [0.25, 0.3) is 0 Å². The maximum absolute atomic E-state index is 5.59. The molecule has 19 heavy (non-hydrogen) atoms. The minimum absolute atomic E-state index is 0.498. The van der Waals surface area contributed by atoms with Crippen LogP contribution in [0.5, 0.6) is 0 Å². The van der Waals surface area contributed by atoms with E-state index in [1.54, 1.807) is 11.3 Å². The summed E-state index contributed by atoms with van der Waals surface area (Å²) in [4.78, 5) is 8.31. The quantitative estimate of drug-likeness (QED) is 0.881. The maximum atomic E-state index is 5.59. The van der Waals surface area contributed by atoms with Crippen LogP contribution in [0, 0.1) is 0 Å². The highest BCUT2D eigenvalue weighted by Gasteiger charge is 2.12. The Morgan fingerprint density at radius 1 is 1.26 bits per heavy atom. The summed E-state index contributed by atoms with van der Waals surface area (Å²) in [6, 6.07) is 8.92. The van der Waals surface area contributed by atoms with Crippen LogP contribution in [0.2, 0.25) is 0 Å². The molecule has 0 fully saturated rings. The molecule has 0 radical (unpaired) electrons. The molecule has 3 nitrogen and oxygen atoms in total. The SMILES string of the molecule is CC(C)N(Cc1ccc(CN)cn1)Cc1cccs1.